The molecule has 280 valence electrons. The highest BCUT2D eigenvalue weighted by Crippen LogP contribution is 2.46. The van der Waals surface area contributed by atoms with Gasteiger partial charge in [-0.05, 0) is 51.2 Å². The van der Waals surface area contributed by atoms with Crippen LogP contribution in [0.3, 0.4) is 0 Å². The Hall–Kier alpha value is -3.09. The van der Waals surface area contributed by atoms with E-state index < -0.39 is 49.7 Å². The molecule has 50 heavy (non-hydrogen) atoms. The molecule has 1 saturated heterocycles. The topological polar surface area (TPSA) is 161 Å². The van der Waals surface area contributed by atoms with Crippen LogP contribution >= 0.6 is 7.75 Å². The number of alkyl halides is 1. The van der Waals surface area contributed by atoms with Gasteiger partial charge < -0.3 is 19.7 Å². The third-order valence-electron chi connectivity index (χ3n) is 8.62. The number of carbonyl (C=O) groups excluding carboxylic acids is 1. The fourth-order valence-corrected chi connectivity index (χ4v) is 7.03. The SMILES string of the molecule is CCCCCCCC/C=C\CCCCCCCC(=O)NCCNP(=O)(OC[C@H]1O[C@@H](n2ccc(=O)[nH]c2=O)[C@](C)(F)[C@@H]1O)Oc1ccccc1. The maximum absolute atomic E-state index is 15.6. The largest absolute Gasteiger partial charge is 0.458 e. The molecule has 1 unspecified atom stereocenters. The van der Waals surface area contributed by atoms with Crippen LogP contribution in [0, 0.1) is 0 Å². The van der Waals surface area contributed by atoms with Crippen LogP contribution in [0.4, 0.5) is 4.39 Å². The third-order valence-corrected chi connectivity index (χ3v) is 10.2. The van der Waals surface area contributed by atoms with Crippen LogP contribution in [0.5, 0.6) is 5.75 Å². The lowest BCUT2D eigenvalue weighted by Gasteiger charge is -2.24. The Morgan fingerprint density at radius 3 is 2.30 bits per heavy atom. The summed E-state index contributed by atoms with van der Waals surface area (Å²) in [5.41, 5.74) is -4.05. The summed E-state index contributed by atoms with van der Waals surface area (Å²) in [6.07, 6.45) is 16.7. The Morgan fingerprint density at radius 2 is 1.64 bits per heavy atom. The predicted molar refractivity (Wildman–Crippen MR) is 192 cm³/mol. The first kappa shape index (κ1) is 41.3. The molecule has 0 radical (unpaired) electrons. The lowest BCUT2D eigenvalue weighted by atomic mass is 9.98. The molecule has 4 N–H and O–H groups in total. The number of halogens is 1. The van der Waals surface area contributed by atoms with Gasteiger partial charge in [0.1, 0.15) is 18.0 Å². The van der Waals surface area contributed by atoms with Gasteiger partial charge in [-0.1, -0.05) is 88.6 Å². The number of H-pyrrole nitrogens is 1. The molecule has 1 aromatic carbocycles. The lowest BCUT2D eigenvalue weighted by molar-refractivity contribution is -0.121. The number of allylic oxidation sites excluding steroid dienone is 2. The standard InChI is InChI=1S/C36H56FN4O8P/c1-3-4-5-6-7-8-9-10-11-12-13-14-15-16-20-23-31(42)38-25-26-39-50(46,49-29-21-18-17-19-22-29)47-28-30-33(44)36(2,37)34(48-30)41-27-24-32(43)40-35(41)45/h10-11,17-19,21-22,24,27,30,33-34,44H,3-9,12-16,20,23,25-26,28H2,1-2H3,(H,38,42)(H,39,46)(H,40,43,45)/b11-10-/t30-,33-,34-,36-,50?/m1/s1. The Bertz CT molecular complexity index is 1470. The summed E-state index contributed by atoms with van der Waals surface area (Å²) in [7, 11) is -4.12. The van der Waals surface area contributed by atoms with Crippen LogP contribution in [-0.2, 0) is 18.6 Å². The van der Waals surface area contributed by atoms with Gasteiger partial charge in [0.2, 0.25) is 5.91 Å². The van der Waals surface area contributed by atoms with Crippen molar-refractivity contribution in [3.05, 3.63) is 75.6 Å². The average Bonchev–Trinajstić information content (AvgIpc) is 3.31. The highest BCUT2D eigenvalue weighted by atomic mass is 31.2. The minimum absolute atomic E-state index is 0.0343. The molecule has 0 bridgehead atoms. The number of para-hydroxylation sites is 1. The van der Waals surface area contributed by atoms with E-state index in [9.17, 15) is 24.1 Å². The van der Waals surface area contributed by atoms with E-state index in [2.05, 4.69) is 29.5 Å². The van der Waals surface area contributed by atoms with Crippen LogP contribution in [0.15, 0.2) is 64.3 Å². The molecule has 2 heterocycles. The molecule has 1 aromatic heterocycles. The molecule has 0 saturated carbocycles. The minimum Gasteiger partial charge on any atom is -0.413 e. The van der Waals surface area contributed by atoms with Gasteiger partial charge in [0, 0.05) is 31.8 Å². The van der Waals surface area contributed by atoms with Crippen LogP contribution < -0.4 is 26.2 Å². The zero-order valence-corrected chi connectivity index (χ0v) is 30.4. The number of carbonyl (C=O) groups is 1. The molecule has 12 nitrogen and oxygen atoms in total. The monoisotopic (exact) mass is 722 g/mol. The van der Waals surface area contributed by atoms with Gasteiger partial charge in [-0.15, -0.1) is 0 Å². The number of hydrogen-bond acceptors (Lipinski definition) is 8. The number of aromatic amines is 1. The second-order valence-corrected chi connectivity index (χ2v) is 14.7. The fraction of sp³-hybridized carbons (Fsp3) is 0.639. The van der Waals surface area contributed by atoms with E-state index in [1.165, 1.54) is 44.9 Å². The molecule has 14 heteroatoms. The van der Waals surface area contributed by atoms with Gasteiger partial charge >= 0.3 is 13.4 Å². The molecule has 0 spiro atoms. The van der Waals surface area contributed by atoms with E-state index in [4.69, 9.17) is 13.8 Å². The number of amides is 1. The summed E-state index contributed by atoms with van der Waals surface area (Å²) in [4.78, 5) is 38.1. The summed E-state index contributed by atoms with van der Waals surface area (Å²) in [6, 6.07) is 9.29. The minimum atomic E-state index is -4.12. The molecule has 1 fully saturated rings. The van der Waals surface area contributed by atoms with Crippen LogP contribution in [-0.4, -0.2) is 58.1 Å². The highest BCUT2D eigenvalue weighted by molar-refractivity contribution is 7.52. The van der Waals surface area contributed by atoms with E-state index in [0.717, 1.165) is 62.3 Å². The molecule has 1 amide bonds. The van der Waals surface area contributed by atoms with Crippen molar-refractivity contribution in [2.75, 3.05) is 19.7 Å². The maximum Gasteiger partial charge on any atom is 0.458 e. The quantitative estimate of drug-likeness (QED) is 0.0512. The first-order valence-electron chi connectivity index (χ1n) is 18.1. The lowest BCUT2D eigenvalue weighted by Crippen LogP contribution is -2.43. The van der Waals surface area contributed by atoms with Crippen molar-refractivity contribution < 1.29 is 32.6 Å². The van der Waals surface area contributed by atoms with Crippen molar-refractivity contribution in [1.82, 2.24) is 20.0 Å². The second-order valence-electron chi connectivity index (χ2n) is 12.9. The number of benzene rings is 1. The van der Waals surface area contributed by atoms with Crippen molar-refractivity contribution in [2.24, 2.45) is 0 Å². The summed E-state index contributed by atoms with van der Waals surface area (Å²) in [6.45, 7) is 2.92. The summed E-state index contributed by atoms with van der Waals surface area (Å²) < 4.78 is 47.0. The van der Waals surface area contributed by atoms with Gasteiger partial charge in [-0.2, -0.15) is 0 Å². The van der Waals surface area contributed by atoms with E-state index in [-0.39, 0.29) is 24.7 Å². The molecule has 5 atom stereocenters. The smallest absolute Gasteiger partial charge is 0.413 e. The molecular weight excluding hydrogens is 666 g/mol. The zero-order valence-electron chi connectivity index (χ0n) is 29.5. The van der Waals surface area contributed by atoms with Crippen molar-refractivity contribution in [3.8, 4) is 5.75 Å². The summed E-state index contributed by atoms with van der Waals surface area (Å²) >= 11 is 0. The van der Waals surface area contributed by atoms with E-state index in [0.29, 0.717) is 6.42 Å². The van der Waals surface area contributed by atoms with Crippen molar-refractivity contribution in [3.63, 3.8) is 0 Å². The van der Waals surface area contributed by atoms with Crippen LogP contribution in [0.2, 0.25) is 0 Å². The van der Waals surface area contributed by atoms with E-state index in [1.807, 2.05) is 4.98 Å². The summed E-state index contributed by atoms with van der Waals surface area (Å²) in [5, 5.41) is 16.2. The molecule has 3 rings (SSSR count). The number of aromatic nitrogens is 2. The number of nitrogens with one attached hydrogen (secondary N) is 3. The first-order valence-corrected chi connectivity index (χ1v) is 19.6. The fourth-order valence-electron chi connectivity index (χ4n) is 5.70. The number of unbranched alkanes of at least 4 members (excludes halogenated alkanes) is 11. The molecular formula is C36H56FN4O8P. The molecule has 1 aliphatic heterocycles. The maximum atomic E-state index is 15.6. The summed E-state index contributed by atoms with van der Waals surface area (Å²) in [5.74, 6) is 0.120. The number of ether oxygens (including phenoxy) is 1. The average molecular weight is 723 g/mol. The molecule has 1 aliphatic rings. The van der Waals surface area contributed by atoms with Crippen molar-refractivity contribution in [1.29, 1.82) is 0 Å². The second kappa shape index (κ2) is 22.0. The zero-order chi connectivity index (χ0) is 36.2. The highest BCUT2D eigenvalue weighted by Gasteiger charge is 2.55. The number of hydrogen-bond donors (Lipinski definition) is 4. The number of rotatable bonds is 25. The Morgan fingerprint density at radius 1 is 1.00 bits per heavy atom. The van der Waals surface area contributed by atoms with Gasteiger partial charge in [0.25, 0.3) is 5.56 Å². The van der Waals surface area contributed by atoms with Crippen molar-refractivity contribution >= 4 is 13.7 Å². The number of nitrogens with zero attached hydrogens (tertiary/aromatic N) is 1. The van der Waals surface area contributed by atoms with Gasteiger partial charge in [-0.25, -0.2) is 18.8 Å². The Kier molecular flexibility index (Phi) is 18.2. The van der Waals surface area contributed by atoms with Crippen LogP contribution in [0.1, 0.15) is 110 Å². The number of aliphatic hydroxyl groups excluding tert-OH is 1. The van der Waals surface area contributed by atoms with Gasteiger partial charge in [-0.3, -0.25) is 23.7 Å². The Labute approximate surface area is 294 Å². The Balaban J connectivity index is 1.37. The van der Waals surface area contributed by atoms with E-state index >= 15 is 4.39 Å². The van der Waals surface area contributed by atoms with Crippen LogP contribution in [0.25, 0.3) is 0 Å². The van der Waals surface area contributed by atoms with E-state index in [1.54, 1.807) is 30.3 Å². The van der Waals surface area contributed by atoms with Gasteiger partial charge in [0.05, 0.1) is 6.61 Å². The normalized spacial score (nSPS) is 21.7. The van der Waals surface area contributed by atoms with Gasteiger partial charge in [0.15, 0.2) is 11.9 Å². The third kappa shape index (κ3) is 14.3. The molecule has 2 aromatic rings. The van der Waals surface area contributed by atoms with Crippen molar-refractivity contribution in [2.45, 2.75) is 128 Å². The number of aliphatic hydroxyl groups is 1. The first-order chi connectivity index (χ1) is 24.1. The molecule has 0 aliphatic carbocycles. The predicted octanol–water partition coefficient (Wildman–Crippen LogP) is 6.47.